The molecule has 0 saturated carbocycles. The van der Waals surface area contributed by atoms with Gasteiger partial charge < -0.3 is 9.33 Å². The fraction of sp³-hybridized carbons (Fsp3) is 0.435. The van der Waals surface area contributed by atoms with Crippen LogP contribution in [0.15, 0.2) is 60.7 Å². The van der Waals surface area contributed by atoms with Gasteiger partial charge in [0.25, 0.3) is 8.32 Å². The lowest BCUT2D eigenvalue weighted by Crippen LogP contribution is -2.67. The number of rotatable bonds is 6. The highest BCUT2D eigenvalue weighted by molar-refractivity contribution is 6.99. The fourth-order valence-electron chi connectivity index (χ4n) is 4.23. The predicted octanol–water partition coefficient (Wildman–Crippen LogP) is 3.57. The molecule has 0 bridgehead atoms. The van der Waals surface area contributed by atoms with E-state index in [0.717, 1.165) is 13.0 Å². The number of likely N-dealkylation sites (tertiary alicyclic amines) is 1. The first-order valence-electron chi connectivity index (χ1n) is 9.91. The molecule has 0 aromatic heterocycles. The van der Waals surface area contributed by atoms with Crippen molar-refractivity contribution in [2.75, 3.05) is 13.2 Å². The molecular formula is C23H31NO2Si. The molecule has 2 aromatic rings. The fourth-order valence-corrected chi connectivity index (χ4v) is 8.88. The zero-order valence-corrected chi connectivity index (χ0v) is 17.9. The van der Waals surface area contributed by atoms with E-state index in [0.29, 0.717) is 13.0 Å². The summed E-state index contributed by atoms with van der Waals surface area (Å²) in [5.41, 5.74) is 0. The number of amides is 1. The van der Waals surface area contributed by atoms with Gasteiger partial charge >= 0.3 is 0 Å². The third kappa shape index (κ3) is 3.87. The standard InChI is InChI=1S/C23H31NO2Si/c1-19(24-17-11-16-22(24)25)18-26-27(23(2,3)4,20-12-7-5-8-13-20)21-14-9-6-10-15-21/h5-10,12-15,19H,11,16-18H2,1-4H3/t19-/m1/s1. The molecule has 0 unspecified atom stereocenters. The summed E-state index contributed by atoms with van der Waals surface area (Å²) in [5.74, 6) is 0.258. The molecule has 0 spiro atoms. The zero-order chi connectivity index (χ0) is 19.5. The van der Waals surface area contributed by atoms with E-state index in [4.69, 9.17) is 4.43 Å². The normalized spacial score (nSPS) is 16.6. The molecule has 3 rings (SSSR count). The van der Waals surface area contributed by atoms with Gasteiger partial charge in [0.1, 0.15) is 0 Å². The summed E-state index contributed by atoms with van der Waals surface area (Å²) in [6.45, 7) is 10.4. The van der Waals surface area contributed by atoms with Crippen molar-refractivity contribution in [3.05, 3.63) is 60.7 Å². The summed E-state index contributed by atoms with van der Waals surface area (Å²) in [7, 11) is -2.52. The van der Waals surface area contributed by atoms with Crippen molar-refractivity contribution in [1.29, 1.82) is 0 Å². The van der Waals surface area contributed by atoms with E-state index in [9.17, 15) is 4.79 Å². The molecule has 1 heterocycles. The minimum absolute atomic E-state index is 0.0373. The summed E-state index contributed by atoms with van der Waals surface area (Å²) >= 11 is 0. The SMILES string of the molecule is C[C@H](CO[Si](c1ccccc1)(c1ccccc1)C(C)(C)C)N1CCCC1=O. The summed E-state index contributed by atoms with van der Waals surface area (Å²) in [5, 5.41) is 2.53. The van der Waals surface area contributed by atoms with Gasteiger partial charge in [-0.3, -0.25) is 4.79 Å². The maximum atomic E-state index is 12.2. The van der Waals surface area contributed by atoms with Crippen LogP contribution in [0.1, 0.15) is 40.5 Å². The zero-order valence-electron chi connectivity index (χ0n) is 16.9. The van der Waals surface area contributed by atoms with Gasteiger partial charge in [-0.1, -0.05) is 81.4 Å². The van der Waals surface area contributed by atoms with Gasteiger partial charge in [-0.15, -0.1) is 0 Å². The van der Waals surface area contributed by atoms with Crippen molar-refractivity contribution >= 4 is 24.6 Å². The lowest BCUT2D eigenvalue weighted by atomic mass is 10.2. The summed E-state index contributed by atoms with van der Waals surface area (Å²) in [6, 6.07) is 21.4. The molecule has 0 radical (unpaired) electrons. The van der Waals surface area contributed by atoms with Crippen molar-refractivity contribution < 1.29 is 9.22 Å². The molecule has 27 heavy (non-hydrogen) atoms. The van der Waals surface area contributed by atoms with Crippen LogP contribution in [0.25, 0.3) is 0 Å². The van der Waals surface area contributed by atoms with Crippen LogP contribution in [0.3, 0.4) is 0 Å². The Morgan fingerprint density at radius 3 is 1.93 bits per heavy atom. The summed E-state index contributed by atoms with van der Waals surface area (Å²) < 4.78 is 6.93. The Hall–Kier alpha value is -1.91. The van der Waals surface area contributed by atoms with Crippen LogP contribution >= 0.6 is 0 Å². The van der Waals surface area contributed by atoms with E-state index < -0.39 is 8.32 Å². The highest BCUT2D eigenvalue weighted by atomic mass is 28.4. The number of benzene rings is 2. The maximum absolute atomic E-state index is 12.2. The molecule has 4 heteroatoms. The molecule has 1 fully saturated rings. The second kappa shape index (κ2) is 7.99. The Balaban J connectivity index is 2.00. The van der Waals surface area contributed by atoms with Crippen LogP contribution in [-0.2, 0) is 9.22 Å². The maximum Gasteiger partial charge on any atom is 0.261 e. The Morgan fingerprint density at radius 2 is 1.52 bits per heavy atom. The minimum Gasteiger partial charge on any atom is -0.405 e. The van der Waals surface area contributed by atoms with Crippen LogP contribution in [0, 0.1) is 0 Å². The second-order valence-corrected chi connectivity index (χ2v) is 12.8. The Morgan fingerprint density at radius 1 is 1.00 bits per heavy atom. The molecule has 1 atom stereocenters. The topological polar surface area (TPSA) is 29.5 Å². The van der Waals surface area contributed by atoms with E-state index in [1.54, 1.807) is 0 Å². The first-order chi connectivity index (χ1) is 12.9. The molecule has 1 amide bonds. The number of carbonyl (C=O) groups is 1. The van der Waals surface area contributed by atoms with Crippen molar-refractivity contribution in [1.82, 2.24) is 4.90 Å². The van der Waals surface area contributed by atoms with E-state index in [2.05, 4.69) is 88.4 Å². The summed E-state index contributed by atoms with van der Waals surface area (Å²) in [6.07, 6.45) is 1.63. The first-order valence-corrected chi connectivity index (χ1v) is 11.8. The van der Waals surface area contributed by atoms with Crippen LogP contribution in [0.2, 0.25) is 5.04 Å². The highest BCUT2D eigenvalue weighted by Crippen LogP contribution is 2.37. The van der Waals surface area contributed by atoms with Gasteiger partial charge in [-0.05, 0) is 28.8 Å². The van der Waals surface area contributed by atoms with Crippen LogP contribution in [-0.4, -0.2) is 38.3 Å². The highest BCUT2D eigenvalue weighted by Gasteiger charge is 2.50. The average molecular weight is 382 g/mol. The second-order valence-electron chi connectivity index (χ2n) is 8.51. The molecule has 3 nitrogen and oxygen atoms in total. The predicted molar refractivity (Wildman–Crippen MR) is 114 cm³/mol. The van der Waals surface area contributed by atoms with Gasteiger partial charge in [0.2, 0.25) is 5.91 Å². The molecular weight excluding hydrogens is 350 g/mol. The molecule has 1 saturated heterocycles. The molecule has 144 valence electrons. The lowest BCUT2D eigenvalue weighted by Gasteiger charge is -2.44. The number of carbonyl (C=O) groups excluding carboxylic acids is 1. The number of hydrogen-bond acceptors (Lipinski definition) is 2. The molecule has 1 aliphatic rings. The van der Waals surface area contributed by atoms with Crippen molar-refractivity contribution in [3.63, 3.8) is 0 Å². The molecule has 0 aliphatic carbocycles. The van der Waals surface area contributed by atoms with Gasteiger partial charge in [-0.2, -0.15) is 0 Å². The Labute approximate surface area is 164 Å². The smallest absolute Gasteiger partial charge is 0.261 e. The Kier molecular flexibility index (Phi) is 5.87. The van der Waals surface area contributed by atoms with E-state index in [-0.39, 0.29) is 17.0 Å². The van der Waals surface area contributed by atoms with Gasteiger partial charge in [0.15, 0.2) is 0 Å². The van der Waals surface area contributed by atoms with Crippen molar-refractivity contribution in [3.8, 4) is 0 Å². The minimum atomic E-state index is -2.52. The van der Waals surface area contributed by atoms with E-state index >= 15 is 0 Å². The van der Waals surface area contributed by atoms with Crippen LogP contribution in [0.5, 0.6) is 0 Å². The van der Waals surface area contributed by atoms with Crippen molar-refractivity contribution in [2.24, 2.45) is 0 Å². The lowest BCUT2D eigenvalue weighted by molar-refractivity contribution is -0.129. The average Bonchev–Trinajstić information content (AvgIpc) is 3.09. The number of hydrogen-bond donors (Lipinski definition) is 0. The van der Waals surface area contributed by atoms with Crippen molar-refractivity contribution in [2.45, 2.75) is 51.6 Å². The van der Waals surface area contributed by atoms with E-state index in [1.165, 1.54) is 10.4 Å². The molecule has 2 aromatic carbocycles. The largest absolute Gasteiger partial charge is 0.405 e. The van der Waals surface area contributed by atoms with E-state index in [1.807, 2.05) is 4.90 Å². The molecule has 1 aliphatic heterocycles. The first kappa shape index (κ1) is 19.8. The Bertz CT molecular complexity index is 715. The quantitative estimate of drug-likeness (QED) is 0.716. The monoisotopic (exact) mass is 381 g/mol. The van der Waals surface area contributed by atoms with Crippen LogP contribution in [0.4, 0.5) is 0 Å². The van der Waals surface area contributed by atoms with Gasteiger partial charge in [0, 0.05) is 13.0 Å². The number of nitrogens with zero attached hydrogens (tertiary/aromatic N) is 1. The third-order valence-electron chi connectivity index (χ3n) is 5.60. The van der Waals surface area contributed by atoms with Crippen LogP contribution < -0.4 is 10.4 Å². The van der Waals surface area contributed by atoms with Gasteiger partial charge in [-0.25, -0.2) is 0 Å². The third-order valence-corrected chi connectivity index (χ3v) is 10.6. The van der Waals surface area contributed by atoms with Gasteiger partial charge in [0.05, 0.1) is 12.6 Å². The summed E-state index contributed by atoms with van der Waals surface area (Å²) in [4.78, 5) is 14.1. The molecule has 0 N–H and O–H groups in total.